The Morgan fingerprint density at radius 1 is 1.52 bits per heavy atom. The third kappa shape index (κ3) is 2.43. The lowest BCUT2D eigenvalue weighted by atomic mass is 9.99. The van der Waals surface area contributed by atoms with E-state index in [9.17, 15) is 13.6 Å². The third-order valence-corrected chi connectivity index (χ3v) is 3.90. The fourth-order valence-corrected chi connectivity index (χ4v) is 2.65. The number of amides is 1. The minimum atomic E-state index is -2.83. The van der Waals surface area contributed by atoms with E-state index in [-0.39, 0.29) is 12.5 Å². The Bertz CT molecular complexity index is 697. The Morgan fingerprint density at radius 3 is 3.05 bits per heavy atom. The fourth-order valence-electron chi connectivity index (χ4n) is 2.65. The number of nitrogens with zero attached hydrogens (tertiary/aromatic N) is 3. The predicted octanol–water partition coefficient (Wildman–Crippen LogP) is 2.18. The van der Waals surface area contributed by atoms with Crippen LogP contribution in [0.2, 0.25) is 0 Å². The molecule has 7 heteroatoms. The topological polar surface area (TPSA) is 63.6 Å². The predicted molar refractivity (Wildman–Crippen MR) is 74.3 cm³/mol. The van der Waals surface area contributed by atoms with Crippen molar-refractivity contribution in [2.75, 3.05) is 12.3 Å². The number of piperidine rings is 1. The van der Waals surface area contributed by atoms with Crippen molar-refractivity contribution in [2.24, 2.45) is 0 Å². The molecule has 2 N–H and O–H groups in total. The van der Waals surface area contributed by atoms with Crippen molar-refractivity contribution in [3.05, 3.63) is 30.1 Å². The molecule has 5 nitrogen and oxygen atoms in total. The number of hydrogen-bond donors (Lipinski definition) is 1. The number of rotatable bonds is 1. The zero-order valence-corrected chi connectivity index (χ0v) is 11.6. The van der Waals surface area contributed by atoms with Crippen LogP contribution in [-0.2, 0) is 0 Å². The number of nitrogen functional groups attached to an aromatic ring is 1. The molecule has 112 valence electrons. The first-order valence-corrected chi connectivity index (χ1v) is 6.79. The van der Waals surface area contributed by atoms with Gasteiger partial charge in [-0.1, -0.05) is 0 Å². The highest BCUT2D eigenvalue weighted by atomic mass is 19.3. The highest BCUT2D eigenvalue weighted by molar-refractivity contribution is 6.01. The zero-order valence-electron chi connectivity index (χ0n) is 11.6. The van der Waals surface area contributed by atoms with Gasteiger partial charge in [0.25, 0.3) is 11.8 Å². The van der Waals surface area contributed by atoms with Crippen molar-refractivity contribution in [2.45, 2.75) is 31.7 Å². The summed E-state index contributed by atoms with van der Waals surface area (Å²) in [4.78, 5) is 13.8. The van der Waals surface area contributed by atoms with Crippen molar-refractivity contribution in [1.29, 1.82) is 0 Å². The molecule has 0 saturated carbocycles. The summed E-state index contributed by atoms with van der Waals surface area (Å²) < 4.78 is 28.7. The second kappa shape index (κ2) is 4.68. The number of likely N-dealkylation sites (tertiary alicyclic amines) is 1. The lowest BCUT2D eigenvalue weighted by molar-refractivity contribution is -0.0694. The summed E-state index contributed by atoms with van der Waals surface area (Å²) in [6.45, 7) is 1.24. The number of hydrogen-bond acceptors (Lipinski definition) is 3. The maximum absolute atomic E-state index is 13.6. The molecule has 3 heterocycles. The molecule has 21 heavy (non-hydrogen) atoms. The van der Waals surface area contributed by atoms with E-state index in [1.807, 2.05) is 0 Å². The molecule has 3 rings (SSSR count). The van der Waals surface area contributed by atoms with Crippen LogP contribution in [0, 0.1) is 0 Å². The molecule has 1 saturated heterocycles. The molecule has 1 atom stereocenters. The SMILES string of the molecule is CC1CCC(F)(F)CN1C(=O)c1cnn2ccc(N)cc12. The van der Waals surface area contributed by atoms with Crippen molar-refractivity contribution in [1.82, 2.24) is 14.5 Å². The van der Waals surface area contributed by atoms with Crippen molar-refractivity contribution >= 4 is 17.1 Å². The molecule has 0 bridgehead atoms. The molecule has 2 aromatic rings. The van der Waals surface area contributed by atoms with Crippen LogP contribution in [0.25, 0.3) is 5.52 Å². The fraction of sp³-hybridized carbons (Fsp3) is 0.429. The molecule has 0 aromatic carbocycles. The molecular weight excluding hydrogens is 278 g/mol. The number of fused-ring (bicyclic) bond motifs is 1. The Hall–Kier alpha value is -2.18. The van der Waals surface area contributed by atoms with Gasteiger partial charge in [0.15, 0.2) is 0 Å². The number of carbonyl (C=O) groups excluding carboxylic acids is 1. The first-order valence-electron chi connectivity index (χ1n) is 6.79. The molecule has 2 aromatic heterocycles. The van der Waals surface area contributed by atoms with E-state index in [0.717, 1.165) is 0 Å². The summed E-state index contributed by atoms with van der Waals surface area (Å²) in [6, 6.07) is 3.06. The molecule has 0 radical (unpaired) electrons. The maximum atomic E-state index is 13.6. The highest BCUT2D eigenvalue weighted by Crippen LogP contribution is 2.31. The van der Waals surface area contributed by atoms with Crippen LogP contribution >= 0.6 is 0 Å². The maximum Gasteiger partial charge on any atom is 0.265 e. The Kier molecular flexibility index (Phi) is 3.07. The highest BCUT2D eigenvalue weighted by Gasteiger charge is 2.41. The molecule has 0 aliphatic carbocycles. The molecule has 0 spiro atoms. The number of aromatic nitrogens is 2. The van der Waals surface area contributed by atoms with E-state index >= 15 is 0 Å². The summed E-state index contributed by atoms with van der Waals surface area (Å²) in [7, 11) is 0. The van der Waals surface area contributed by atoms with Gasteiger partial charge in [-0.15, -0.1) is 0 Å². The molecule has 1 amide bonds. The average Bonchev–Trinajstić information content (AvgIpc) is 2.83. The van der Waals surface area contributed by atoms with Crippen LogP contribution in [-0.4, -0.2) is 38.9 Å². The zero-order chi connectivity index (χ0) is 15.2. The van der Waals surface area contributed by atoms with E-state index in [4.69, 9.17) is 5.73 Å². The van der Waals surface area contributed by atoms with Gasteiger partial charge in [0.05, 0.1) is 23.8 Å². The van der Waals surface area contributed by atoms with Crippen LogP contribution in [0.5, 0.6) is 0 Å². The van der Waals surface area contributed by atoms with Gasteiger partial charge < -0.3 is 10.6 Å². The van der Waals surface area contributed by atoms with Gasteiger partial charge >= 0.3 is 0 Å². The minimum absolute atomic E-state index is 0.181. The van der Waals surface area contributed by atoms with Crippen LogP contribution in [0.1, 0.15) is 30.1 Å². The van der Waals surface area contributed by atoms with Crippen molar-refractivity contribution in [3.63, 3.8) is 0 Å². The lowest BCUT2D eigenvalue weighted by Crippen LogP contribution is -2.50. The Morgan fingerprint density at radius 2 is 2.29 bits per heavy atom. The van der Waals surface area contributed by atoms with Crippen molar-refractivity contribution in [3.8, 4) is 0 Å². The number of halogens is 2. The van der Waals surface area contributed by atoms with Gasteiger partial charge in [-0.2, -0.15) is 5.10 Å². The largest absolute Gasteiger partial charge is 0.399 e. The Balaban J connectivity index is 1.98. The quantitative estimate of drug-likeness (QED) is 0.876. The first kappa shape index (κ1) is 13.8. The van der Waals surface area contributed by atoms with Gasteiger partial charge in [0.1, 0.15) is 0 Å². The van der Waals surface area contributed by atoms with Gasteiger partial charge in [0.2, 0.25) is 0 Å². The summed E-state index contributed by atoms with van der Waals surface area (Å²) in [5.41, 5.74) is 7.04. The summed E-state index contributed by atoms with van der Waals surface area (Å²) in [5.74, 6) is -3.26. The second-order valence-corrected chi connectivity index (χ2v) is 5.52. The molecule has 1 fully saturated rings. The second-order valence-electron chi connectivity index (χ2n) is 5.52. The number of nitrogens with two attached hydrogens (primary N) is 1. The van der Waals surface area contributed by atoms with E-state index < -0.39 is 18.4 Å². The summed E-state index contributed by atoms with van der Waals surface area (Å²) >= 11 is 0. The Labute approximate surface area is 120 Å². The van der Waals surface area contributed by atoms with Crippen LogP contribution in [0.15, 0.2) is 24.5 Å². The van der Waals surface area contributed by atoms with E-state index in [2.05, 4.69) is 5.10 Å². The molecule has 1 unspecified atom stereocenters. The van der Waals surface area contributed by atoms with Crippen LogP contribution < -0.4 is 5.73 Å². The number of pyridine rings is 1. The monoisotopic (exact) mass is 294 g/mol. The third-order valence-electron chi connectivity index (χ3n) is 3.90. The molecule has 1 aliphatic rings. The molecular formula is C14H16F2N4O. The minimum Gasteiger partial charge on any atom is -0.399 e. The van der Waals surface area contributed by atoms with Gasteiger partial charge in [-0.05, 0) is 25.5 Å². The smallest absolute Gasteiger partial charge is 0.265 e. The van der Waals surface area contributed by atoms with E-state index in [1.54, 1.807) is 25.3 Å². The average molecular weight is 294 g/mol. The van der Waals surface area contributed by atoms with Gasteiger partial charge in [0, 0.05) is 24.3 Å². The standard InChI is InChI=1S/C14H16F2N4O/c1-9-2-4-14(15,16)8-19(9)13(21)11-7-18-20-5-3-10(17)6-12(11)20/h3,5-7,9H,2,4,8,17H2,1H3. The number of anilines is 1. The molecule has 1 aliphatic heterocycles. The summed E-state index contributed by atoms with van der Waals surface area (Å²) in [5, 5.41) is 4.06. The van der Waals surface area contributed by atoms with Crippen molar-refractivity contribution < 1.29 is 13.6 Å². The van der Waals surface area contributed by atoms with Gasteiger partial charge in [-0.3, -0.25) is 4.79 Å². The van der Waals surface area contributed by atoms with Crippen LogP contribution in [0.4, 0.5) is 14.5 Å². The normalized spacial score (nSPS) is 21.7. The summed E-state index contributed by atoms with van der Waals surface area (Å²) in [6.07, 6.45) is 3.14. The van der Waals surface area contributed by atoms with Gasteiger partial charge in [-0.25, -0.2) is 13.3 Å². The van der Waals surface area contributed by atoms with Crippen LogP contribution in [0.3, 0.4) is 0 Å². The first-order chi connectivity index (χ1) is 9.87. The van der Waals surface area contributed by atoms with E-state index in [1.165, 1.54) is 15.6 Å². The lowest BCUT2D eigenvalue weighted by Gasteiger charge is -2.37. The number of alkyl halides is 2. The van der Waals surface area contributed by atoms with E-state index in [0.29, 0.717) is 23.2 Å². The number of carbonyl (C=O) groups is 1.